The van der Waals surface area contributed by atoms with Gasteiger partial charge in [-0.15, -0.1) is 16.8 Å². The minimum absolute atomic E-state index is 0.215. The van der Waals surface area contributed by atoms with E-state index in [1.165, 1.54) is 11.1 Å². The Bertz CT molecular complexity index is 953. The standard InChI is InChI=1S/C23H26BrN3OS/c1-5-13-27-22(17(4)28-21-11-9-19(10-12-21)16(2)3)25-26-23(27)29-15-18-7-6-8-20(24)14-18/h5-12,14,16-17H,1,13,15H2,2-4H3. The lowest BCUT2D eigenvalue weighted by Gasteiger charge is -2.16. The maximum absolute atomic E-state index is 6.14. The molecule has 1 aromatic heterocycles. The number of hydrogen-bond donors (Lipinski definition) is 0. The molecule has 3 rings (SSSR count). The molecule has 4 nitrogen and oxygen atoms in total. The summed E-state index contributed by atoms with van der Waals surface area (Å²) in [4.78, 5) is 0. The van der Waals surface area contributed by atoms with E-state index < -0.39 is 0 Å². The minimum Gasteiger partial charge on any atom is -0.483 e. The van der Waals surface area contributed by atoms with E-state index >= 15 is 0 Å². The molecule has 0 saturated heterocycles. The highest BCUT2D eigenvalue weighted by molar-refractivity contribution is 9.10. The minimum atomic E-state index is -0.215. The third-order valence-corrected chi connectivity index (χ3v) is 6.07. The first-order valence-corrected chi connectivity index (χ1v) is 11.4. The van der Waals surface area contributed by atoms with Gasteiger partial charge in [-0.2, -0.15) is 0 Å². The fraction of sp³-hybridized carbons (Fsp3) is 0.304. The largest absolute Gasteiger partial charge is 0.483 e. The highest BCUT2D eigenvalue weighted by Gasteiger charge is 2.19. The molecule has 29 heavy (non-hydrogen) atoms. The third-order valence-electron chi connectivity index (χ3n) is 4.54. The molecule has 0 aliphatic carbocycles. The summed E-state index contributed by atoms with van der Waals surface area (Å²) in [6.45, 7) is 10.9. The summed E-state index contributed by atoms with van der Waals surface area (Å²) in [6, 6.07) is 16.6. The first-order chi connectivity index (χ1) is 14.0. The van der Waals surface area contributed by atoms with Crippen molar-refractivity contribution in [1.29, 1.82) is 0 Å². The summed E-state index contributed by atoms with van der Waals surface area (Å²) < 4.78 is 9.29. The Labute approximate surface area is 185 Å². The molecule has 0 fully saturated rings. The van der Waals surface area contributed by atoms with Crippen LogP contribution < -0.4 is 4.74 Å². The Balaban J connectivity index is 1.73. The molecular weight excluding hydrogens is 446 g/mol. The van der Waals surface area contributed by atoms with Gasteiger partial charge in [-0.3, -0.25) is 4.57 Å². The fourth-order valence-electron chi connectivity index (χ4n) is 2.97. The van der Waals surface area contributed by atoms with Gasteiger partial charge in [0.2, 0.25) is 0 Å². The van der Waals surface area contributed by atoms with Crippen molar-refractivity contribution in [2.75, 3.05) is 0 Å². The molecule has 0 aliphatic heterocycles. The average Bonchev–Trinajstić information content (AvgIpc) is 3.10. The molecule has 1 atom stereocenters. The summed E-state index contributed by atoms with van der Waals surface area (Å²) in [6.07, 6.45) is 1.65. The Hall–Kier alpha value is -2.05. The van der Waals surface area contributed by atoms with Gasteiger partial charge in [-0.05, 0) is 48.2 Å². The second-order valence-corrected chi connectivity index (χ2v) is 9.00. The van der Waals surface area contributed by atoms with E-state index in [9.17, 15) is 0 Å². The zero-order chi connectivity index (χ0) is 20.8. The summed E-state index contributed by atoms with van der Waals surface area (Å²) in [5.41, 5.74) is 2.53. The second-order valence-electron chi connectivity index (χ2n) is 7.14. The first-order valence-electron chi connectivity index (χ1n) is 9.65. The molecule has 0 spiro atoms. The first kappa shape index (κ1) is 21.7. The van der Waals surface area contributed by atoms with E-state index in [4.69, 9.17) is 4.74 Å². The number of allylic oxidation sites excluding steroid dienone is 1. The highest BCUT2D eigenvalue weighted by atomic mass is 79.9. The molecule has 0 N–H and O–H groups in total. The Morgan fingerprint density at radius 2 is 1.90 bits per heavy atom. The number of benzene rings is 2. The van der Waals surface area contributed by atoms with Crippen molar-refractivity contribution in [2.24, 2.45) is 0 Å². The molecule has 0 bridgehead atoms. The van der Waals surface area contributed by atoms with Crippen LogP contribution in [-0.4, -0.2) is 14.8 Å². The molecule has 0 aliphatic rings. The van der Waals surface area contributed by atoms with Crippen LogP contribution in [0.25, 0.3) is 0 Å². The van der Waals surface area contributed by atoms with Crippen LogP contribution in [0.1, 0.15) is 49.7 Å². The second kappa shape index (κ2) is 10.1. The van der Waals surface area contributed by atoms with E-state index in [1.807, 2.05) is 37.3 Å². The van der Waals surface area contributed by atoms with E-state index in [-0.39, 0.29) is 6.10 Å². The molecule has 6 heteroatoms. The monoisotopic (exact) mass is 471 g/mol. The van der Waals surface area contributed by atoms with Crippen molar-refractivity contribution in [3.05, 3.63) is 82.6 Å². The zero-order valence-electron chi connectivity index (χ0n) is 17.0. The number of aromatic nitrogens is 3. The van der Waals surface area contributed by atoms with E-state index in [1.54, 1.807) is 11.8 Å². The van der Waals surface area contributed by atoms with E-state index in [2.05, 4.69) is 75.4 Å². The Morgan fingerprint density at radius 1 is 1.14 bits per heavy atom. The maximum atomic E-state index is 6.14. The zero-order valence-corrected chi connectivity index (χ0v) is 19.4. The lowest BCUT2D eigenvalue weighted by atomic mass is 10.0. The number of nitrogens with zero attached hydrogens (tertiary/aromatic N) is 3. The van der Waals surface area contributed by atoms with Gasteiger partial charge in [-0.25, -0.2) is 0 Å². The van der Waals surface area contributed by atoms with E-state index in [0.717, 1.165) is 27.0 Å². The van der Waals surface area contributed by atoms with Gasteiger partial charge in [0.15, 0.2) is 17.1 Å². The smallest absolute Gasteiger partial charge is 0.191 e. The maximum Gasteiger partial charge on any atom is 0.191 e. The summed E-state index contributed by atoms with van der Waals surface area (Å²) in [7, 11) is 0. The molecule has 0 saturated carbocycles. The lowest BCUT2D eigenvalue weighted by Crippen LogP contribution is -2.12. The Morgan fingerprint density at radius 3 is 2.55 bits per heavy atom. The summed E-state index contributed by atoms with van der Waals surface area (Å²) in [5, 5.41) is 9.69. The molecule has 0 radical (unpaired) electrons. The lowest BCUT2D eigenvalue weighted by molar-refractivity contribution is 0.210. The van der Waals surface area contributed by atoms with Crippen LogP contribution in [0.3, 0.4) is 0 Å². The number of ether oxygens (including phenoxy) is 1. The van der Waals surface area contributed by atoms with Gasteiger partial charge in [-0.1, -0.05) is 71.9 Å². The number of hydrogen-bond acceptors (Lipinski definition) is 4. The Kier molecular flexibility index (Phi) is 7.56. The third kappa shape index (κ3) is 5.73. The predicted molar refractivity (Wildman–Crippen MR) is 123 cm³/mol. The van der Waals surface area contributed by atoms with Crippen molar-refractivity contribution in [3.8, 4) is 5.75 Å². The van der Waals surface area contributed by atoms with Gasteiger partial charge in [0, 0.05) is 16.8 Å². The molecule has 1 unspecified atom stereocenters. The van der Waals surface area contributed by atoms with Crippen LogP contribution in [0.15, 0.2) is 70.8 Å². The average molecular weight is 472 g/mol. The SMILES string of the molecule is C=CCn1c(SCc2cccc(Br)c2)nnc1C(C)Oc1ccc(C(C)C)cc1. The summed E-state index contributed by atoms with van der Waals surface area (Å²) in [5.74, 6) is 2.95. The normalized spacial score (nSPS) is 12.2. The van der Waals surface area contributed by atoms with Crippen LogP contribution in [0.4, 0.5) is 0 Å². The van der Waals surface area contributed by atoms with Crippen molar-refractivity contribution < 1.29 is 4.74 Å². The quantitative estimate of drug-likeness (QED) is 0.254. The fourth-order valence-corrected chi connectivity index (χ4v) is 4.32. The van der Waals surface area contributed by atoms with Gasteiger partial charge >= 0.3 is 0 Å². The number of halogens is 1. The summed E-state index contributed by atoms with van der Waals surface area (Å²) >= 11 is 5.19. The van der Waals surface area contributed by atoms with Crippen molar-refractivity contribution in [2.45, 2.75) is 50.2 Å². The van der Waals surface area contributed by atoms with E-state index in [0.29, 0.717) is 12.5 Å². The van der Waals surface area contributed by atoms with Crippen LogP contribution in [0.2, 0.25) is 0 Å². The number of rotatable bonds is 9. The molecule has 3 aromatic rings. The molecule has 2 aromatic carbocycles. The van der Waals surface area contributed by atoms with Crippen LogP contribution in [0, 0.1) is 0 Å². The van der Waals surface area contributed by atoms with Gasteiger partial charge in [0.05, 0.1) is 0 Å². The van der Waals surface area contributed by atoms with Crippen molar-refractivity contribution in [3.63, 3.8) is 0 Å². The van der Waals surface area contributed by atoms with Gasteiger partial charge < -0.3 is 4.74 Å². The molecule has 1 heterocycles. The van der Waals surface area contributed by atoms with Crippen molar-refractivity contribution in [1.82, 2.24) is 14.8 Å². The van der Waals surface area contributed by atoms with Crippen LogP contribution >= 0.6 is 27.7 Å². The predicted octanol–water partition coefficient (Wildman–Crippen LogP) is 6.78. The molecular formula is C23H26BrN3OS. The highest BCUT2D eigenvalue weighted by Crippen LogP contribution is 2.28. The van der Waals surface area contributed by atoms with Gasteiger partial charge in [0.1, 0.15) is 5.75 Å². The molecule has 152 valence electrons. The topological polar surface area (TPSA) is 39.9 Å². The van der Waals surface area contributed by atoms with Crippen LogP contribution in [0.5, 0.6) is 5.75 Å². The number of thioether (sulfide) groups is 1. The molecule has 0 amide bonds. The van der Waals surface area contributed by atoms with Gasteiger partial charge in [0.25, 0.3) is 0 Å². The van der Waals surface area contributed by atoms with Crippen LogP contribution in [-0.2, 0) is 12.3 Å². The van der Waals surface area contributed by atoms with Crippen molar-refractivity contribution >= 4 is 27.7 Å².